The molecule has 1 aromatic rings. The smallest absolute Gasteiger partial charge is 0.498 e. The molecule has 4 nitrogen and oxygen atoms in total. The van der Waals surface area contributed by atoms with Crippen LogP contribution in [-0.4, -0.2) is 29.5 Å². The standard InChI is InChI=1S/C18H27BO4/c1-17(2)18(3,4)23-19(22-17)15-12-13(20)10-11-16(15)21-14-8-6-5-7-9-14/h10-12,14,20H,5-9H2,1-4H3. The van der Waals surface area contributed by atoms with Gasteiger partial charge in [-0.25, -0.2) is 0 Å². The van der Waals surface area contributed by atoms with E-state index in [1.807, 2.05) is 33.8 Å². The molecule has 126 valence electrons. The van der Waals surface area contributed by atoms with Crippen LogP contribution in [0.5, 0.6) is 11.5 Å². The summed E-state index contributed by atoms with van der Waals surface area (Å²) < 4.78 is 18.5. The quantitative estimate of drug-likeness (QED) is 0.868. The van der Waals surface area contributed by atoms with Gasteiger partial charge in [-0.1, -0.05) is 6.42 Å². The van der Waals surface area contributed by atoms with Crippen molar-refractivity contribution >= 4 is 12.6 Å². The second-order valence-electron chi connectivity index (χ2n) is 7.69. The van der Waals surface area contributed by atoms with Gasteiger partial charge in [-0.3, -0.25) is 0 Å². The van der Waals surface area contributed by atoms with Crippen molar-refractivity contribution in [2.45, 2.75) is 77.1 Å². The Balaban J connectivity index is 1.85. The van der Waals surface area contributed by atoms with Crippen LogP contribution in [0.1, 0.15) is 59.8 Å². The molecule has 23 heavy (non-hydrogen) atoms. The van der Waals surface area contributed by atoms with Crippen LogP contribution in [0.25, 0.3) is 0 Å². The Labute approximate surface area is 139 Å². The van der Waals surface area contributed by atoms with Gasteiger partial charge in [-0.15, -0.1) is 0 Å². The second-order valence-corrected chi connectivity index (χ2v) is 7.69. The maximum atomic E-state index is 9.90. The van der Waals surface area contributed by atoms with Crippen LogP contribution < -0.4 is 10.2 Å². The minimum atomic E-state index is -0.523. The predicted molar refractivity (Wildman–Crippen MR) is 91.3 cm³/mol. The molecular weight excluding hydrogens is 291 g/mol. The van der Waals surface area contributed by atoms with Gasteiger partial charge in [0.05, 0.1) is 17.3 Å². The van der Waals surface area contributed by atoms with Crippen LogP contribution in [-0.2, 0) is 9.31 Å². The molecule has 0 aromatic heterocycles. The molecule has 1 aromatic carbocycles. The van der Waals surface area contributed by atoms with Gasteiger partial charge < -0.3 is 19.2 Å². The number of aromatic hydroxyl groups is 1. The van der Waals surface area contributed by atoms with Gasteiger partial charge in [0.1, 0.15) is 11.5 Å². The summed E-state index contributed by atoms with van der Waals surface area (Å²) in [6.07, 6.45) is 6.14. The normalized spacial score (nSPS) is 23.9. The Hall–Kier alpha value is -1.20. The summed E-state index contributed by atoms with van der Waals surface area (Å²) in [6.45, 7) is 8.10. The summed E-state index contributed by atoms with van der Waals surface area (Å²) in [6, 6.07) is 5.18. The highest BCUT2D eigenvalue weighted by molar-refractivity contribution is 6.63. The van der Waals surface area contributed by atoms with Crippen molar-refractivity contribution < 1.29 is 19.2 Å². The molecule has 1 N–H and O–H groups in total. The van der Waals surface area contributed by atoms with E-state index < -0.39 is 18.3 Å². The van der Waals surface area contributed by atoms with Crippen LogP contribution in [0.2, 0.25) is 0 Å². The van der Waals surface area contributed by atoms with Crippen molar-refractivity contribution in [2.75, 3.05) is 0 Å². The first kappa shape index (κ1) is 16.7. The molecule has 1 aliphatic heterocycles. The minimum absolute atomic E-state index is 0.200. The lowest BCUT2D eigenvalue weighted by Crippen LogP contribution is -2.41. The number of hydrogen-bond donors (Lipinski definition) is 1. The van der Waals surface area contributed by atoms with Crippen LogP contribution >= 0.6 is 0 Å². The lowest BCUT2D eigenvalue weighted by atomic mass is 9.78. The molecule has 0 radical (unpaired) electrons. The number of rotatable bonds is 3. The summed E-state index contributed by atoms with van der Waals surface area (Å²) in [4.78, 5) is 0. The van der Waals surface area contributed by atoms with Gasteiger partial charge in [0.15, 0.2) is 0 Å². The summed E-state index contributed by atoms with van der Waals surface area (Å²) in [7, 11) is -0.523. The molecule has 0 atom stereocenters. The van der Waals surface area contributed by atoms with E-state index in [-0.39, 0.29) is 11.9 Å². The average Bonchev–Trinajstić information content (AvgIpc) is 2.70. The lowest BCUT2D eigenvalue weighted by Gasteiger charge is -2.32. The zero-order valence-electron chi connectivity index (χ0n) is 14.6. The van der Waals surface area contributed by atoms with Gasteiger partial charge in [-0.05, 0) is 71.6 Å². The average molecular weight is 318 g/mol. The van der Waals surface area contributed by atoms with E-state index >= 15 is 0 Å². The van der Waals surface area contributed by atoms with Gasteiger partial charge >= 0.3 is 7.12 Å². The third kappa shape index (κ3) is 3.36. The van der Waals surface area contributed by atoms with Crippen LogP contribution in [0.4, 0.5) is 0 Å². The van der Waals surface area contributed by atoms with Gasteiger partial charge in [-0.2, -0.15) is 0 Å². The molecule has 0 amide bonds. The van der Waals surface area contributed by atoms with Crippen LogP contribution in [0, 0.1) is 0 Å². The molecule has 1 saturated heterocycles. The Bertz CT molecular complexity index is 548. The zero-order valence-corrected chi connectivity index (χ0v) is 14.6. The van der Waals surface area contributed by atoms with Crippen molar-refractivity contribution in [2.24, 2.45) is 0 Å². The Morgan fingerprint density at radius 1 is 1.04 bits per heavy atom. The van der Waals surface area contributed by atoms with E-state index in [9.17, 15) is 5.11 Å². The Morgan fingerprint density at radius 2 is 1.65 bits per heavy atom. The third-order valence-corrected chi connectivity index (χ3v) is 5.35. The van der Waals surface area contributed by atoms with Crippen molar-refractivity contribution in [1.82, 2.24) is 0 Å². The number of hydrogen-bond acceptors (Lipinski definition) is 4. The predicted octanol–water partition coefficient (Wildman–Crippen LogP) is 3.40. The molecule has 0 spiro atoms. The number of phenols is 1. The van der Waals surface area contributed by atoms with E-state index in [0.29, 0.717) is 0 Å². The minimum Gasteiger partial charge on any atom is -0.508 e. The van der Waals surface area contributed by atoms with Crippen LogP contribution in [0.15, 0.2) is 18.2 Å². The molecule has 1 heterocycles. The molecule has 0 unspecified atom stereocenters. The van der Waals surface area contributed by atoms with Crippen molar-refractivity contribution in [3.05, 3.63) is 18.2 Å². The first-order valence-corrected chi connectivity index (χ1v) is 8.64. The molecule has 5 heteroatoms. The van der Waals surface area contributed by atoms with E-state index in [4.69, 9.17) is 14.0 Å². The van der Waals surface area contributed by atoms with E-state index in [0.717, 1.165) is 24.1 Å². The van der Waals surface area contributed by atoms with Gasteiger partial charge in [0, 0.05) is 5.46 Å². The molecule has 1 saturated carbocycles. The summed E-state index contributed by atoms with van der Waals surface area (Å²) in [5, 5.41) is 9.90. The monoisotopic (exact) mass is 318 g/mol. The lowest BCUT2D eigenvalue weighted by molar-refractivity contribution is 0.00578. The second kappa shape index (κ2) is 6.02. The fourth-order valence-electron chi connectivity index (χ4n) is 3.16. The van der Waals surface area contributed by atoms with E-state index in [1.165, 1.54) is 19.3 Å². The van der Waals surface area contributed by atoms with E-state index in [1.54, 1.807) is 12.1 Å². The molecule has 2 aliphatic rings. The molecule has 1 aliphatic carbocycles. The fraction of sp³-hybridized carbons (Fsp3) is 0.667. The Kier molecular flexibility index (Phi) is 4.36. The fourth-order valence-corrected chi connectivity index (χ4v) is 3.16. The highest BCUT2D eigenvalue weighted by Crippen LogP contribution is 2.37. The van der Waals surface area contributed by atoms with Gasteiger partial charge in [0.25, 0.3) is 0 Å². The van der Waals surface area contributed by atoms with E-state index in [2.05, 4.69) is 0 Å². The Morgan fingerprint density at radius 3 is 2.26 bits per heavy atom. The maximum Gasteiger partial charge on any atom is 0.498 e. The molecule has 2 fully saturated rings. The number of phenolic OH excluding ortho intramolecular Hbond substituents is 1. The highest BCUT2D eigenvalue weighted by atomic mass is 16.7. The topological polar surface area (TPSA) is 47.9 Å². The van der Waals surface area contributed by atoms with Gasteiger partial charge in [0.2, 0.25) is 0 Å². The van der Waals surface area contributed by atoms with Crippen molar-refractivity contribution in [1.29, 1.82) is 0 Å². The van der Waals surface area contributed by atoms with Crippen LogP contribution in [0.3, 0.4) is 0 Å². The molecule has 3 rings (SSSR count). The first-order chi connectivity index (χ1) is 10.8. The first-order valence-electron chi connectivity index (χ1n) is 8.64. The SMILES string of the molecule is CC1(C)OB(c2cc(O)ccc2OC2CCCCC2)OC1(C)C. The summed E-state index contributed by atoms with van der Waals surface area (Å²) in [5.41, 5.74) is -0.0505. The van der Waals surface area contributed by atoms with Crippen molar-refractivity contribution in [3.8, 4) is 11.5 Å². The molecule has 0 bridgehead atoms. The van der Waals surface area contributed by atoms with Crippen molar-refractivity contribution in [3.63, 3.8) is 0 Å². The summed E-state index contributed by atoms with van der Waals surface area (Å²) >= 11 is 0. The number of ether oxygens (including phenoxy) is 1. The number of benzene rings is 1. The summed E-state index contributed by atoms with van der Waals surface area (Å²) in [5.74, 6) is 0.957. The zero-order chi connectivity index (χ0) is 16.7. The largest absolute Gasteiger partial charge is 0.508 e. The highest BCUT2D eigenvalue weighted by Gasteiger charge is 2.52. The maximum absolute atomic E-state index is 9.90. The third-order valence-electron chi connectivity index (χ3n) is 5.35. The molecular formula is C18H27BO4.